The number of hydrogen-bond donors (Lipinski definition) is 17. The summed E-state index contributed by atoms with van der Waals surface area (Å²) in [5.74, 6) is -2.27. The van der Waals surface area contributed by atoms with Gasteiger partial charge in [0.05, 0.1) is 33.0 Å². The number of amides is 3. The van der Waals surface area contributed by atoms with Crippen LogP contribution in [0.15, 0.2) is 0 Å². The first-order chi connectivity index (χ1) is 30.7. The molecule has 0 saturated carbocycles. The van der Waals surface area contributed by atoms with Gasteiger partial charge in [-0.25, -0.2) is 0 Å². The molecule has 0 aromatic rings. The van der Waals surface area contributed by atoms with Gasteiger partial charge < -0.3 is 130 Å². The molecule has 17 N–H and O–H groups in total. The van der Waals surface area contributed by atoms with Gasteiger partial charge in [0.25, 0.3) is 0 Å². The van der Waals surface area contributed by atoms with Crippen LogP contribution in [0.3, 0.4) is 0 Å². The first-order valence-corrected chi connectivity index (χ1v) is 20.6. The van der Waals surface area contributed by atoms with Crippen LogP contribution in [-0.4, -0.2) is 276 Å². The van der Waals surface area contributed by atoms with Crippen molar-refractivity contribution < 1.29 is 129 Å². The minimum absolute atomic E-state index is 0.729. The average Bonchev–Trinajstić information content (AvgIpc) is 3.25. The summed E-state index contributed by atoms with van der Waals surface area (Å²) in [7, 11) is 0. The van der Waals surface area contributed by atoms with Crippen LogP contribution in [0.25, 0.3) is 0 Å². The third-order valence-corrected chi connectivity index (χ3v) is 11.5. The highest BCUT2D eigenvalue weighted by Gasteiger charge is 2.56. The van der Waals surface area contributed by atoms with Crippen molar-refractivity contribution in [2.75, 3.05) is 33.0 Å². The third kappa shape index (κ3) is 12.0. The molecule has 0 aromatic carbocycles. The van der Waals surface area contributed by atoms with E-state index >= 15 is 0 Å². The van der Waals surface area contributed by atoms with Crippen molar-refractivity contribution in [2.24, 2.45) is 0 Å². The Balaban J connectivity index is 1.38. The monoisotopic (exact) mass is 951 g/mol. The van der Waals surface area contributed by atoms with Crippen LogP contribution in [0.5, 0.6) is 0 Å². The molecule has 0 unspecified atom stereocenters. The van der Waals surface area contributed by atoms with E-state index in [2.05, 4.69) is 16.0 Å². The molecule has 376 valence electrons. The highest BCUT2D eigenvalue weighted by molar-refractivity contribution is 5.74. The van der Waals surface area contributed by atoms with Crippen molar-refractivity contribution in [3.05, 3.63) is 0 Å². The van der Waals surface area contributed by atoms with Crippen molar-refractivity contribution in [1.29, 1.82) is 0 Å². The second-order valence-corrected chi connectivity index (χ2v) is 16.2. The van der Waals surface area contributed by atoms with Crippen LogP contribution in [-0.2, 0) is 57.0 Å². The van der Waals surface area contributed by atoms with Crippen molar-refractivity contribution in [1.82, 2.24) is 16.0 Å². The Hall–Kier alpha value is -2.51. The first-order valence-electron chi connectivity index (χ1n) is 20.6. The van der Waals surface area contributed by atoms with Crippen LogP contribution in [0.4, 0.5) is 0 Å². The third-order valence-electron chi connectivity index (χ3n) is 11.5. The zero-order valence-electron chi connectivity index (χ0n) is 35.1. The minimum Gasteiger partial charge on any atom is -0.394 e. The number of aliphatic hydroxyl groups is 14. The van der Waals surface area contributed by atoms with E-state index in [1.165, 1.54) is 0 Å². The Morgan fingerprint density at radius 2 is 0.785 bits per heavy atom. The van der Waals surface area contributed by atoms with Gasteiger partial charge in [-0.2, -0.15) is 0 Å². The number of aliphatic hydroxyl groups excluding tert-OH is 14. The van der Waals surface area contributed by atoms with E-state index in [1.807, 2.05) is 0 Å². The molecule has 3 amide bonds. The second-order valence-electron chi connectivity index (χ2n) is 16.2. The summed E-state index contributed by atoms with van der Waals surface area (Å²) in [5, 5.41) is 156. The summed E-state index contributed by atoms with van der Waals surface area (Å²) in [6.07, 6.45) is -39.7. The van der Waals surface area contributed by atoms with Crippen molar-refractivity contribution >= 4 is 17.7 Å². The smallest absolute Gasteiger partial charge is 0.217 e. The van der Waals surface area contributed by atoms with Gasteiger partial charge in [-0.15, -0.1) is 0 Å². The lowest BCUT2D eigenvalue weighted by Crippen LogP contribution is -2.70. The lowest BCUT2D eigenvalue weighted by molar-refractivity contribution is -0.369. The van der Waals surface area contributed by atoms with Crippen molar-refractivity contribution in [3.63, 3.8) is 0 Å². The molecular weight excluding hydrogens is 890 g/mol. The van der Waals surface area contributed by atoms with E-state index in [0.29, 0.717) is 0 Å². The number of rotatable bonds is 16. The van der Waals surface area contributed by atoms with Gasteiger partial charge in [0.2, 0.25) is 17.7 Å². The number of carbonyl (C=O) groups is 3. The topological polar surface area (TPSA) is 454 Å². The van der Waals surface area contributed by atoms with Gasteiger partial charge in [0.1, 0.15) is 122 Å². The molecule has 0 bridgehead atoms. The summed E-state index contributed by atoms with van der Waals surface area (Å²) < 4.78 is 51.3. The zero-order chi connectivity index (χ0) is 48.2. The Bertz CT molecular complexity index is 1560. The highest BCUT2D eigenvalue weighted by atomic mass is 16.8. The molecule has 0 spiro atoms. The van der Waals surface area contributed by atoms with E-state index in [0.717, 1.165) is 20.8 Å². The molecule has 65 heavy (non-hydrogen) atoms. The lowest BCUT2D eigenvalue weighted by atomic mass is 9.94. The molecule has 0 radical (unpaired) electrons. The summed E-state index contributed by atoms with van der Waals surface area (Å²) in [6.45, 7) is -1.22. The summed E-state index contributed by atoms with van der Waals surface area (Å²) >= 11 is 0. The van der Waals surface area contributed by atoms with Crippen molar-refractivity contribution in [2.45, 2.75) is 174 Å². The number of carbonyl (C=O) groups excluding carboxylic acids is 3. The zero-order valence-corrected chi connectivity index (χ0v) is 35.1. The normalized spacial score (nSPS) is 47.1. The molecule has 0 aromatic heterocycles. The summed E-state index contributed by atoms with van der Waals surface area (Å²) in [4.78, 5) is 36.7. The predicted octanol–water partition coefficient (Wildman–Crippen LogP) is -11.5. The maximum absolute atomic E-state index is 12.6. The van der Waals surface area contributed by atoms with Gasteiger partial charge in [0, 0.05) is 20.8 Å². The largest absolute Gasteiger partial charge is 0.394 e. The molecule has 5 fully saturated rings. The van der Waals surface area contributed by atoms with Crippen LogP contribution < -0.4 is 16.0 Å². The Kier molecular flexibility index (Phi) is 19.1. The maximum Gasteiger partial charge on any atom is 0.217 e. The molecule has 5 heterocycles. The van der Waals surface area contributed by atoms with Gasteiger partial charge in [-0.05, 0) is 0 Å². The fourth-order valence-corrected chi connectivity index (χ4v) is 8.13. The fourth-order valence-electron chi connectivity index (χ4n) is 8.13. The van der Waals surface area contributed by atoms with Gasteiger partial charge in [-0.1, -0.05) is 0 Å². The Morgan fingerprint density at radius 1 is 0.400 bits per heavy atom. The Morgan fingerprint density at radius 3 is 1.31 bits per heavy atom. The number of nitrogens with one attached hydrogen (secondary N) is 3. The van der Waals surface area contributed by atoms with E-state index in [9.17, 15) is 85.9 Å². The van der Waals surface area contributed by atoms with E-state index in [4.69, 9.17) is 42.6 Å². The minimum atomic E-state index is -2.12. The van der Waals surface area contributed by atoms with Crippen LogP contribution >= 0.6 is 0 Å². The predicted molar refractivity (Wildman–Crippen MR) is 201 cm³/mol. The SMILES string of the molecule is CC(=O)N[C@@H]1[C@@H](O[C@@H]2O[C@H](CO)[C@H](O)[C@H](O)[C@H]2O)[C@@H](O)[C@@H](CO[C@@H]2O[C@H](CO)[C@@H](O)[C@H](O[C@@H]3O[C@H](CO)[C@H](O)[C@H](O[C@@H]4O[C@H](CO)[C@@H](O)[C@H](O)[C@H]4NC(C)=O)[C@H]3O)[C@H]2NC(C)=O)O[C@@H]1O. The Labute approximate surface area is 369 Å². The first kappa shape index (κ1) is 53.4. The summed E-state index contributed by atoms with van der Waals surface area (Å²) in [6, 6.07) is -4.77. The molecule has 5 aliphatic rings. The average molecular weight is 952 g/mol. The quantitative estimate of drug-likeness (QED) is 0.0683. The van der Waals surface area contributed by atoms with Gasteiger partial charge >= 0.3 is 0 Å². The van der Waals surface area contributed by atoms with Crippen LogP contribution in [0, 0.1) is 0 Å². The molecular formula is C36H61N3O26. The molecule has 5 rings (SSSR count). The molecule has 5 saturated heterocycles. The van der Waals surface area contributed by atoms with Crippen LogP contribution in [0.1, 0.15) is 20.8 Å². The van der Waals surface area contributed by atoms with Crippen molar-refractivity contribution in [3.8, 4) is 0 Å². The number of hydrogen-bond acceptors (Lipinski definition) is 26. The summed E-state index contributed by atoms with van der Waals surface area (Å²) in [5.41, 5.74) is 0. The lowest BCUT2D eigenvalue weighted by Gasteiger charge is -2.49. The standard InChI is InChI=1S/C36H61N3O26/c1-9(44)37-17-25(52)20(47)12(4-40)60-34(17)65-31-23(50)15(7-43)62-36(28(31)55)64-30-19(39-11(3)46)33(59-14(6-42)22(30)49)57-8-16-24(51)29(18(32(56)58-16)38-10(2)45)63-35-27(54)26(53)21(48)13(5-41)61-35/h12-36,40-43,47-56H,4-8H2,1-3H3,(H,37,44)(H,38,45)(H,39,46)/t12-,13-,14-,15-,16-,17-,18-,19-,20-,21+,22-,23+,24+,25-,26+,27-,28-,29-,30-,31+,32+,33-,34+,35+,36+/m1/s1. The fraction of sp³-hybridized carbons (Fsp3) is 0.917. The highest BCUT2D eigenvalue weighted by Crippen LogP contribution is 2.34. The molecule has 5 aliphatic heterocycles. The molecule has 29 nitrogen and oxygen atoms in total. The van der Waals surface area contributed by atoms with E-state index in [1.54, 1.807) is 0 Å². The maximum atomic E-state index is 12.6. The van der Waals surface area contributed by atoms with Crippen LogP contribution in [0.2, 0.25) is 0 Å². The van der Waals surface area contributed by atoms with E-state index in [-0.39, 0.29) is 0 Å². The molecule has 0 aliphatic carbocycles. The van der Waals surface area contributed by atoms with Gasteiger partial charge in [-0.3, -0.25) is 14.4 Å². The van der Waals surface area contributed by atoms with Gasteiger partial charge in [0.15, 0.2) is 31.5 Å². The van der Waals surface area contributed by atoms with E-state index < -0.39 is 204 Å². The molecule has 25 atom stereocenters. The number of ether oxygens (including phenoxy) is 9. The second kappa shape index (κ2) is 23.2. The molecule has 29 heteroatoms.